The molecule has 1 spiro atoms. The molecule has 2 amide bonds. The van der Waals surface area contributed by atoms with Gasteiger partial charge >= 0.3 is 0 Å². The Bertz CT molecular complexity index is 1030. The van der Waals surface area contributed by atoms with E-state index in [1.54, 1.807) is 23.5 Å². The number of nitrogens with one attached hydrogen (secondary N) is 3. The molecule has 2 aromatic rings. The van der Waals surface area contributed by atoms with Crippen molar-refractivity contribution < 1.29 is 9.59 Å². The van der Waals surface area contributed by atoms with Crippen LogP contribution < -0.4 is 15.5 Å². The minimum atomic E-state index is -0.955. The fourth-order valence-corrected chi connectivity index (χ4v) is 4.62. The van der Waals surface area contributed by atoms with Gasteiger partial charge in [0.15, 0.2) is 0 Å². The molecule has 1 aromatic heterocycles. The first kappa shape index (κ1) is 16.8. The summed E-state index contributed by atoms with van der Waals surface area (Å²) in [7, 11) is 0. The largest absolute Gasteiger partial charge is 0.345 e. The van der Waals surface area contributed by atoms with Gasteiger partial charge in [-0.2, -0.15) is 0 Å². The van der Waals surface area contributed by atoms with Crippen LogP contribution in [0.3, 0.4) is 0 Å². The van der Waals surface area contributed by atoms with E-state index in [-0.39, 0.29) is 23.7 Å². The molecule has 0 radical (unpaired) electrons. The summed E-state index contributed by atoms with van der Waals surface area (Å²) in [6, 6.07) is 7.89. The van der Waals surface area contributed by atoms with Crippen LogP contribution in [0.25, 0.3) is 6.08 Å². The van der Waals surface area contributed by atoms with Crippen molar-refractivity contribution >= 4 is 23.6 Å². The summed E-state index contributed by atoms with van der Waals surface area (Å²) in [6.07, 6.45) is 7.67. The van der Waals surface area contributed by atoms with Crippen LogP contribution in [0.4, 0.5) is 5.69 Å². The van der Waals surface area contributed by atoms with Crippen molar-refractivity contribution in [2.75, 3.05) is 4.90 Å². The van der Waals surface area contributed by atoms with E-state index in [1.807, 2.05) is 38.1 Å². The summed E-state index contributed by atoms with van der Waals surface area (Å²) in [4.78, 5) is 34.8. The molecule has 4 heterocycles. The highest BCUT2D eigenvalue weighted by Crippen LogP contribution is 2.57. The number of carbonyl (C=O) groups excluding carboxylic acids is 2. The van der Waals surface area contributed by atoms with Gasteiger partial charge in [0.2, 0.25) is 11.7 Å². The van der Waals surface area contributed by atoms with Crippen molar-refractivity contribution in [1.29, 1.82) is 0 Å². The van der Waals surface area contributed by atoms with E-state index in [0.717, 1.165) is 16.9 Å². The lowest BCUT2D eigenvalue weighted by molar-refractivity contribution is -0.121. The standard InChI is InChI=1S/C21H21N5O2/c1-12(2)7-8-15-18-14-5-3-4-6-17(14)26(20(15)28)21(18)24-16(19(27)25-21)9-13-10-22-11-23-13/h3-7,9-11,15,18,24H,8H2,1-2H3,(H,22,23)(H,25,27)/t15-,18+,21+/m0/s1. The summed E-state index contributed by atoms with van der Waals surface area (Å²) >= 11 is 0. The third-order valence-electron chi connectivity index (χ3n) is 5.73. The normalized spacial score (nSPS) is 28.6. The highest BCUT2D eigenvalue weighted by molar-refractivity contribution is 6.09. The Kier molecular flexibility index (Phi) is 3.49. The van der Waals surface area contributed by atoms with Gasteiger partial charge in [-0.3, -0.25) is 14.5 Å². The van der Waals surface area contributed by atoms with Crippen LogP contribution in [-0.2, 0) is 9.59 Å². The molecule has 3 N–H and O–H groups in total. The number of allylic oxidation sites excluding steroid dienone is 2. The van der Waals surface area contributed by atoms with Gasteiger partial charge in [0.25, 0.3) is 5.91 Å². The third-order valence-corrected chi connectivity index (χ3v) is 5.73. The monoisotopic (exact) mass is 375 g/mol. The van der Waals surface area contributed by atoms with Crippen LogP contribution in [0.15, 0.2) is 54.1 Å². The van der Waals surface area contributed by atoms with Crippen molar-refractivity contribution in [3.63, 3.8) is 0 Å². The lowest BCUT2D eigenvalue weighted by Gasteiger charge is -2.31. The zero-order valence-corrected chi connectivity index (χ0v) is 15.7. The zero-order valence-electron chi connectivity index (χ0n) is 15.7. The first-order valence-corrected chi connectivity index (χ1v) is 9.38. The molecule has 2 bridgehead atoms. The number of H-pyrrole nitrogens is 1. The maximum Gasteiger partial charge on any atom is 0.270 e. The average Bonchev–Trinajstić information content (AvgIpc) is 3.38. The van der Waals surface area contributed by atoms with E-state index in [4.69, 9.17) is 0 Å². The van der Waals surface area contributed by atoms with Crippen LogP contribution >= 0.6 is 0 Å². The minimum absolute atomic E-state index is 0.0387. The summed E-state index contributed by atoms with van der Waals surface area (Å²) in [5.74, 6) is -1.53. The lowest BCUT2D eigenvalue weighted by atomic mass is 9.82. The first-order valence-electron chi connectivity index (χ1n) is 9.38. The second-order valence-corrected chi connectivity index (χ2v) is 7.74. The molecular formula is C21H21N5O2. The summed E-state index contributed by atoms with van der Waals surface area (Å²) in [5.41, 5.74) is 4.27. The number of imidazole rings is 1. The molecular weight excluding hydrogens is 354 g/mol. The number of hydrogen-bond acceptors (Lipinski definition) is 4. The summed E-state index contributed by atoms with van der Waals surface area (Å²) in [6.45, 7) is 4.06. The quantitative estimate of drug-likeness (QED) is 0.567. The molecule has 5 rings (SSSR count). The molecule has 7 nitrogen and oxygen atoms in total. The smallest absolute Gasteiger partial charge is 0.270 e. The number of hydrogen-bond donors (Lipinski definition) is 3. The van der Waals surface area contributed by atoms with E-state index in [9.17, 15) is 9.59 Å². The Labute approximate surface area is 162 Å². The minimum Gasteiger partial charge on any atom is -0.345 e. The highest BCUT2D eigenvalue weighted by atomic mass is 16.2. The van der Waals surface area contributed by atoms with Gasteiger partial charge in [0.1, 0.15) is 5.70 Å². The predicted molar refractivity (Wildman–Crippen MR) is 105 cm³/mol. The summed E-state index contributed by atoms with van der Waals surface area (Å²) in [5, 5.41) is 6.43. The van der Waals surface area contributed by atoms with Crippen molar-refractivity contribution in [3.05, 3.63) is 65.4 Å². The Hall–Kier alpha value is -3.35. The van der Waals surface area contributed by atoms with Crippen LogP contribution in [0.1, 0.15) is 37.4 Å². The number of fused-ring (bicyclic) bond motifs is 3. The zero-order chi connectivity index (χ0) is 19.5. The number of anilines is 1. The van der Waals surface area contributed by atoms with Gasteiger partial charge in [-0.25, -0.2) is 4.98 Å². The van der Waals surface area contributed by atoms with Crippen LogP contribution in [0, 0.1) is 5.92 Å². The Morgan fingerprint density at radius 3 is 2.82 bits per heavy atom. The number of aromatic amines is 1. The maximum absolute atomic E-state index is 13.3. The van der Waals surface area contributed by atoms with Gasteiger partial charge in [-0.1, -0.05) is 29.8 Å². The number of carbonyl (C=O) groups is 2. The van der Waals surface area contributed by atoms with E-state index < -0.39 is 5.79 Å². The van der Waals surface area contributed by atoms with Gasteiger partial charge in [0.05, 0.1) is 35.7 Å². The molecule has 3 aliphatic heterocycles. The topological polar surface area (TPSA) is 90.1 Å². The first-order chi connectivity index (χ1) is 13.5. The molecule has 7 heteroatoms. The third kappa shape index (κ3) is 2.19. The van der Waals surface area contributed by atoms with Crippen molar-refractivity contribution in [3.8, 4) is 0 Å². The molecule has 142 valence electrons. The van der Waals surface area contributed by atoms with Gasteiger partial charge in [0, 0.05) is 0 Å². The Morgan fingerprint density at radius 1 is 1.25 bits per heavy atom. The molecule has 0 aliphatic carbocycles. The molecule has 3 aliphatic rings. The van der Waals surface area contributed by atoms with Crippen LogP contribution in [0.5, 0.6) is 0 Å². The van der Waals surface area contributed by atoms with E-state index in [2.05, 4.69) is 26.7 Å². The summed E-state index contributed by atoms with van der Waals surface area (Å²) < 4.78 is 0. The molecule has 28 heavy (non-hydrogen) atoms. The fourth-order valence-electron chi connectivity index (χ4n) is 4.62. The molecule has 3 atom stereocenters. The molecule has 1 aromatic carbocycles. The van der Waals surface area contributed by atoms with Crippen LogP contribution in [-0.4, -0.2) is 27.6 Å². The highest BCUT2D eigenvalue weighted by Gasteiger charge is 2.68. The molecule has 0 saturated carbocycles. The number of para-hydroxylation sites is 1. The number of amides is 2. The lowest BCUT2D eigenvalue weighted by Crippen LogP contribution is -2.60. The second-order valence-electron chi connectivity index (χ2n) is 7.74. The average molecular weight is 375 g/mol. The van der Waals surface area contributed by atoms with Gasteiger partial charge in [-0.15, -0.1) is 0 Å². The number of nitrogens with zero attached hydrogens (tertiary/aromatic N) is 2. The number of benzene rings is 1. The van der Waals surface area contributed by atoms with Crippen molar-refractivity contribution in [2.24, 2.45) is 5.92 Å². The fraction of sp³-hybridized carbons (Fsp3) is 0.286. The van der Waals surface area contributed by atoms with Crippen molar-refractivity contribution in [2.45, 2.75) is 32.0 Å². The molecule has 0 unspecified atom stereocenters. The van der Waals surface area contributed by atoms with Crippen molar-refractivity contribution in [1.82, 2.24) is 20.6 Å². The molecule has 2 fully saturated rings. The van der Waals surface area contributed by atoms with E-state index in [0.29, 0.717) is 12.1 Å². The second kappa shape index (κ2) is 5.82. The van der Waals surface area contributed by atoms with Gasteiger partial charge < -0.3 is 15.6 Å². The SMILES string of the molecule is CC(C)=CC[C@@H]1C(=O)N2c3ccccc3[C@H]1[C@@]21NC(=O)C(=Cc2cnc[nH]2)N1. The maximum atomic E-state index is 13.3. The molecule has 2 saturated heterocycles. The number of aromatic nitrogens is 2. The Balaban J connectivity index is 1.60. The van der Waals surface area contributed by atoms with E-state index >= 15 is 0 Å². The predicted octanol–water partition coefficient (Wildman–Crippen LogP) is 2.24. The van der Waals surface area contributed by atoms with Gasteiger partial charge in [-0.05, 0) is 38.0 Å². The number of rotatable bonds is 3. The Morgan fingerprint density at radius 2 is 2.07 bits per heavy atom. The van der Waals surface area contributed by atoms with Crippen LogP contribution in [0.2, 0.25) is 0 Å². The van der Waals surface area contributed by atoms with E-state index in [1.165, 1.54) is 5.57 Å².